The predicted molar refractivity (Wildman–Crippen MR) is 56.8 cm³/mol. The Kier molecular flexibility index (Phi) is 3.06. The third-order valence-electron chi connectivity index (χ3n) is 2.62. The minimum absolute atomic E-state index is 0.0412. The van der Waals surface area contributed by atoms with Crippen molar-refractivity contribution in [3.63, 3.8) is 0 Å². The summed E-state index contributed by atoms with van der Waals surface area (Å²) in [7, 11) is 0. The summed E-state index contributed by atoms with van der Waals surface area (Å²) in [6.45, 7) is 3.75. The molecule has 0 radical (unpaired) electrons. The highest BCUT2D eigenvalue weighted by atomic mass is 16.3. The summed E-state index contributed by atoms with van der Waals surface area (Å²) < 4.78 is 5.10. The van der Waals surface area contributed by atoms with Crippen molar-refractivity contribution in [2.45, 2.75) is 25.8 Å². The van der Waals surface area contributed by atoms with E-state index in [1.165, 1.54) is 6.26 Å². The minimum Gasteiger partial charge on any atom is -0.469 e. The normalized spacial score (nSPS) is 21.3. The van der Waals surface area contributed by atoms with Gasteiger partial charge in [0.2, 0.25) is 0 Å². The van der Waals surface area contributed by atoms with Gasteiger partial charge in [-0.3, -0.25) is 4.79 Å². The number of carbonyl (C=O) groups excluding carboxylic acids is 1. The number of rotatable bonds is 2. The van der Waals surface area contributed by atoms with Gasteiger partial charge in [-0.1, -0.05) is 0 Å². The van der Waals surface area contributed by atoms with E-state index in [-0.39, 0.29) is 11.9 Å². The van der Waals surface area contributed by atoms with Crippen molar-refractivity contribution in [2.24, 2.45) is 0 Å². The van der Waals surface area contributed by atoms with Gasteiger partial charge in [0.25, 0.3) is 5.91 Å². The average molecular weight is 208 g/mol. The second-order valence-corrected chi connectivity index (χ2v) is 3.96. The Bertz CT molecular complexity index is 340. The van der Waals surface area contributed by atoms with E-state index < -0.39 is 0 Å². The van der Waals surface area contributed by atoms with Crippen LogP contribution in [0.4, 0.5) is 0 Å². The maximum Gasteiger partial charge on any atom is 0.254 e. The van der Waals surface area contributed by atoms with E-state index in [0.717, 1.165) is 31.7 Å². The second-order valence-electron chi connectivity index (χ2n) is 3.96. The summed E-state index contributed by atoms with van der Waals surface area (Å²) in [6.07, 6.45) is 3.67. The zero-order chi connectivity index (χ0) is 10.7. The monoisotopic (exact) mass is 208 g/mol. The molecule has 82 valence electrons. The lowest BCUT2D eigenvalue weighted by Gasteiger charge is -2.23. The highest BCUT2D eigenvalue weighted by Gasteiger charge is 2.17. The molecule has 2 rings (SSSR count). The highest BCUT2D eigenvalue weighted by molar-refractivity contribution is 5.94. The molecule has 0 saturated carbocycles. The Balaban J connectivity index is 1.91. The fourth-order valence-corrected chi connectivity index (χ4v) is 1.81. The van der Waals surface area contributed by atoms with E-state index in [9.17, 15) is 4.79 Å². The molecule has 2 N–H and O–H groups in total. The average Bonchev–Trinajstić information content (AvgIpc) is 2.66. The van der Waals surface area contributed by atoms with Crippen molar-refractivity contribution in [3.8, 4) is 0 Å². The molecular weight excluding hydrogens is 192 g/mol. The van der Waals surface area contributed by atoms with Crippen LogP contribution < -0.4 is 10.6 Å². The van der Waals surface area contributed by atoms with Gasteiger partial charge in [0.1, 0.15) is 12.0 Å². The van der Waals surface area contributed by atoms with E-state index >= 15 is 0 Å². The molecule has 1 fully saturated rings. The van der Waals surface area contributed by atoms with Gasteiger partial charge < -0.3 is 15.1 Å². The van der Waals surface area contributed by atoms with Crippen LogP contribution in [-0.2, 0) is 0 Å². The van der Waals surface area contributed by atoms with E-state index in [4.69, 9.17) is 4.42 Å². The lowest BCUT2D eigenvalue weighted by molar-refractivity contribution is 0.0930. The molecule has 2 heterocycles. The maximum absolute atomic E-state index is 11.7. The van der Waals surface area contributed by atoms with Gasteiger partial charge in [-0.25, -0.2) is 0 Å². The molecule has 15 heavy (non-hydrogen) atoms. The third-order valence-corrected chi connectivity index (χ3v) is 2.62. The van der Waals surface area contributed by atoms with Crippen LogP contribution in [0.2, 0.25) is 0 Å². The van der Waals surface area contributed by atoms with Crippen LogP contribution in [0.1, 0.15) is 29.0 Å². The van der Waals surface area contributed by atoms with Crippen molar-refractivity contribution >= 4 is 5.91 Å². The molecule has 1 aliphatic rings. The Hall–Kier alpha value is -1.29. The highest BCUT2D eigenvalue weighted by Crippen LogP contribution is 2.08. The first kappa shape index (κ1) is 10.2. The van der Waals surface area contributed by atoms with Gasteiger partial charge in [-0.15, -0.1) is 0 Å². The maximum atomic E-state index is 11.7. The SMILES string of the molecule is Cc1cc(C(=O)N[C@@H]2CCCNC2)co1. The zero-order valence-electron chi connectivity index (χ0n) is 8.88. The molecule has 1 saturated heterocycles. The molecule has 0 spiro atoms. The van der Waals surface area contributed by atoms with E-state index in [1.807, 2.05) is 6.92 Å². The van der Waals surface area contributed by atoms with Crippen LogP contribution in [0.5, 0.6) is 0 Å². The van der Waals surface area contributed by atoms with Gasteiger partial charge in [0.05, 0.1) is 5.56 Å². The van der Waals surface area contributed by atoms with Gasteiger partial charge in [-0.2, -0.15) is 0 Å². The molecule has 4 nitrogen and oxygen atoms in total. The number of hydrogen-bond donors (Lipinski definition) is 2. The van der Waals surface area contributed by atoms with Crippen molar-refractivity contribution in [2.75, 3.05) is 13.1 Å². The number of piperidine rings is 1. The number of hydrogen-bond acceptors (Lipinski definition) is 3. The molecule has 0 unspecified atom stereocenters. The number of aryl methyl sites for hydroxylation is 1. The summed E-state index contributed by atoms with van der Waals surface area (Å²) in [5.41, 5.74) is 0.609. The summed E-state index contributed by atoms with van der Waals surface area (Å²) >= 11 is 0. The number of carbonyl (C=O) groups is 1. The summed E-state index contributed by atoms with van der Waals surface area (Å²) in [6, 6.07) is 2.01. The summed E-state index contributed by atoms with van der Waals surface area (Å²) in [5.74, 6) is 0.725. The smallest absolute Gasteiger partial charge is 0.254 e. The van der Waals surface area contributed by atoms with Crippen molar-refractivity contribution in [1.29, 1.82) is 0 Å². The molecule has 1 aliphatic heterocycles. The van der Waals surface area contributed by atoms with E-state index in [2.05, 4.69) is 10.6 Å². The first-order chi connectivity index (χ1) is 7.25. The van der Waals surface area contributed by atoms with Crippen molar-refractivity contribution < 1.29 is 9.21 Å². The van der Waals surface area contributed by atoms with Crippen molar-refractivity contribution in [3.05, 3.63) is 23.7 Å². The largest absolute Gasteiger partial charge is 0.469 e. The van der Waals surface area contributed by atoms with Crippen LogP contribution >= 0.6 is 0 Å². The molecular formula is C11H16N2O2. The Labute approximate surface area is 89.0 Å². The molecule has 1 atom stereocenters. The Morgan fingerprint density at radius 2 is 2.53 bits per heavy atom. The Morgan fingerprint density at radius 1 is 1.67 bits per heavy atom. The number of amides is 1. The van der Waals surface area contributed by atoms with Crippen LogP contribution in [0.3, 0.4) is 0 Å². The van der Waals surface area contributed by atoms with Gasteiger partial charge in [-0.05, 0) is 32.4 Å². The second kappa shape index (κ2) is 4.49. The molecule has 0 bridgehead atoms. The molecule has 4 heteroatoms. The minimum atomic E-state index is -0.0412. The Morgan fingerprint density at radius 3 is 3.13 bits per heavy atom. The third kappa shape index (κ3) is 2.59. The standard InChI is InChI=1S/C11H16N2O2/c1-8-5-9(7-15-8)11(14)13-10-3-2-4-12-6-10/h5,7,10,12H,2-4,6H2,1H3,(H,13,14)/t10-/m1/s1. The molecule has 0 aromatic carbocycles. The predicted octanol–water partition coefficient (Wildman–Crippen LogP) is 1.07. The number of furan rings is 1. The van der Waals surface area contributed by atoms with E-state index in [0.29, 0.717) is 5.56 Å². The topological polar surface area (TPSA) is 54.3 Å². The van der Waals surface area contributed by atoms with Crippen LogP contribution in [0.15, 0.2) is 16.7 Å². The molecule has 1 aromatic rings. The number of nitrogens with one attached hydrogen (secondary N) is 2. The molecule has 0 aliphatic carbocycles. The van der Waals surface area contributed by atoms with Gasteiger partial charge in [0.15, 0.2) is 0 Å². The van der Waals surface area contributed by atoms with Gasteiger partial charge in [0, 0.05) is 12.6 Å². The molecule has 1 amide bonds. The van der Waals surface area contributed by atoms with Crippen molar-refractivity contribution in [1.82, 2.24) is 10.6 Å². The zero-order valence-corrected chi connectivity index (χ0v) is 8.88. The summed E-state index contributed by atoms with van der Waals surface area (Å²) in [5, 5.41) is 6.25. The lowest BCUT2D eigenvalue weighted by atomic mass is 10.1. The van der Waals surface area contributed by atoms with Gasteiger partial charge >= 0.3 is 0 Å². The first-order valence-corrected chi connectivity index (χ1v) is 5.32. The fraction of sp³-hybridized carbons (Fsp3) is 0.545. The lowest BCUT2D eigenvalue weighted by Crippen LogP contribution is -2.45. The summed E-state index contributed by atoms with van der Waals surface area (Å²) in [4.78, 5) is 11.7. The molecule has 1 aromatic heterocycles. The first-order valence-electron chi connectivity index (χ1n) is 5.32. The van der Waals surface area contributed by atoms with Crippen LogP contribution in [0, 0.1) is 6.92 Å². The fourth-order valence-electron chi connectivity index (χ4n) is 1.81. The van der Waals surface area contributed by atoms with Crippen LogP contribution in [-0.4, -0.2) is 25.0 Å². The van der Waals surface area contributed by atoms with E-state index in [1.54, 1.807) is 6.07 Å². The quantitative estimate of drug-likeness (QED) is 0.764. The van der Waals surface area contributed by atoms with Crippen LogP contribution in [0.25, 0.3) is 0 Å².